The van der Waals surface area contributed by atoms with Gasteiger partial charge in [-0.25, -0.2) is 4.98 Å². The third-order valence-corrected chi connectivity index (χ3v) is 5.78. The predicted octanol–water partition coefficient (Wildman–Crippen LogP) is 1.65. The summed E-state index contributed by atoms with van der Waals surface area (Å²) in [6.45, 7) is 3.06. The van der Waals surface area contributed by atoms with Crippen molar-refractivity contribution in [1.82, 2.24) is 14.8 Å². The molecule has 2 amide bonds. The Morgan fingerprint density at radius 2 is 2.24 bits per heavy atom. The van der Waals surface area contributed by atoms with Gasteiger partial charge in [0.05, 0.1) is 12.0 Å². The second-order valence-corrected chi connectivity index (χ2v) is 7.49. The minimum absolute atomic E-state index is 0.0886. The molecule has 2 aliphatic heterocycles. The van der Waals surface area contributed by atoms with Crippen LogP contribution in [0.3, 0.4) is 0 Å². The maximum Gasteiger partial charge on any atom is 0.276 e. The van der Waals surface area contributed by atoms with Crippen LogP contribution in [-0.4, -0.2) is 66.5 Å². The van der Waals surface area contributed by atoms with Gasteiger partial charge in [0.25, 0.3) is 5.91 Å². The number of hydrogen-bond donors (Lipinski definition) is 0. The molecular weight excluding hydrogens is 322 g/mol. The minimum Gasteiger partial charge on any atom is -0.447 e. The highest BCUT2D eigenvalue weighted by Gasteiger charge is 2.50. The molecule has 1 spiro atoms. The van der Waals surface area contributed by atoms with E-state index in [1.807, 2.05) is 4.90 Å². The lowest BCUT2D eigenvalue weighted by atomic mass is 9.78. The zero-order chi connectivity index (χ0) is 17.4. The van der Waals surface area contributed by atoms with E-state index in [-0.39, 0.29) is 11.8 Å². The molecule has 1 atom stereocenters. The molecule has 0 aromatic carbocycles. The molecule has 1 aromatic heterocycles. The fraction of sp³-hybridized carbons (Fsp3) is 0.722. The van der Waals surface area contributed by atoms with E-state index < -0.39 is 5.41 Å². The van der Waals surface area contributed by atoms with Crippen LogP contribution in [0.15, 0.2) is 10.8 Å². The zero-order valence-corrected chi connectivity index (χ0v) is 14.7. The molecule has 25 heavy (non-hydrogen) atoms. The van der Waals surface area contributed by atoms with Gasteiger partial charge in [0.2, 0.25) is 5.91 Å². The van der Waals surface area contributed by atoms with Crippen molar-refractivity contribution in [3.05, 3.63) is 17.8 Å². The predicted molar refractivity (Wildman–Crippen MR) is 89.1 cm³/mol. The number of oxazole rings is 1. The normalized spacial score (nSPS) is 26.7. The van der Waals surface area contributed by atoms with Crippen LogP contribution in [0.1, 0.15) is 54.3 Å². The molecule has 1 aliphatic carbocycles. The first kappa shape index (κ1) is 16.6. The van der Waals surface area contributed by atoms with Gasteiger partial charge in [-0.1, -0.05) is 0 Å². The topological polar surface area (TPSA) is 75.9 Å². The van der Waals surface area contributed by atoms with E-state index in [9.17, 15) is 9.59 Å². The van der Waals surface area contributed by atoms with E-state index in [4.69, 9.17) is 9.15 Å². The van der Waals surface area contributed by atoms with Crippen molar-refractivity contribution in [3.8, 4) is 0 Å². The molecule has 0 bridgehead atoms. The van der Waals surface area contributed by atoms with Gasteiger partial charge in [0, 0.05) is 39.2 Å². The summed E-state index contributed by atoms with van der Waals surface area (Å²) in [6, 6.07) is 0. The van der Waals surface area contributed by atoms with Gasteiger partial charge in [-0.05, 0) is 32.1 Å². The van der Waals surface area contributed by atoms with E-state index in [2.05, 4.69) is 4.98 Å². The zero-order valence-electron chi connectivity index (χ0n) is 14.7. The number of rotatable bonds is 5. The van der Waals surface area contributed by atoms with Crippen LogP contribution in [0.25, 0.3) is 0 Å². The third kappa shape index (κ3) is 2.94. The number of ether oxygens (including phenoxy) is 1. The number of hydrogen-bond acceptors (Lipinski definition) is 5. The molecule has 1 unspecified atom stereocenters. The maximum absolute atomic E-state index is 13.0. The average Bonchev–Trinajstić information content (AvgIpc) is 3.19. The lowest BCUT2D eigenvalue weighted by Gasteiger charge is -2.39. The Hall–Kier alpha value is -1.89. The molecule has 136 valence electrons. The van der Waals surface area contributed by atoms with Gasteiger partial charge in [0.1, 0.15) is 5.76 Å². The third-order valence-electron chi connectivity index (χ3n) is 5.78. The Morgan fingerprint density at radius 3 is 3.00 bits per heavy atom. The van der Waals surface area contributed by atoms with Crippen molar-refractivity contribution >= 4 is 11.8 Å². The molecule has 4 rings (SSSR count). The summed E-state index contributed by atoms with van der Waals surface area (Å²) >= 11 is 0. The standard InChI is InChI=1S/C18H25N3O4/c1-24-10-9-20-7-2-5-18(17(20)23)6-8-21(11-18)16(22)14-15(13-3-4-13)25-12-19-14/h12-13H,2-11H2,1H3. The molecule has 3 aliphatic rings. The van der Waals surface area contributed by atoms with Crippen molar-refractivity contribution in [1.29, 1.82) is 0 Å². The first-order valence-electron chi connectivity index (χ1n) is 9.15. The number of piperidine rings is 1. The van der Waals surface area contributed by atoms with Gasteiger partial charge in [0.15, 0.2) is 12.1 Å². The highest BCUT2D eigenvalue weighted by molar-refractivity contribution is 5.95. The lowest BCUT2D eigenvalue weighted by Crippen LogP contribution is -2.51. The van der Waals surface area contributed by atoms with Gasteiger partial charge >= 0.3 is 0 Å². The molecule has 7 nitrogen and oxygen atoms in total. The molecule has 0 radical (unpaired) electrons. The van der Waals surface area contributed by atoms with Crippen LogP contribution in [0.4, 0.5) is 0 Å². The number of methoxy groups -OCH3 is 1. The van der Waals surface area contributed by atoms with Gasteiger partial charge in [-0.3, -0.25) is 9.59 Å². The largest absolute Gasteiger partial charge is 0.447 e. The Kier molecular flexibility index (Phi) is 4.27. The smallest absolute Gasteiger partial charge is 0.276 e. The first-order chi connectivity index (χ1) is 12.1. The maximum atomic E-state index is 13.0. The quantitative estimate of drug-likeness (QED) is 0.809. The second kappa shape index (κ2) is 6.44. The van der Waals surface area contributed by atoms with Gasteiger partial charge in [-0.15, -0.1) is 0 Å². The van der Waals surface area contributed by atoms with Gasteiger partial charge < -0.3 is 19.0 Å². The molecule has 3 heterocycles. The summed E-state index contributed by atoms with van der Waals surface area (Å²) < 4.78 is 10.6. The van der Waals surface area contributed by atoms with Crippen LogP contribution < -0.4 is 0 Å². The van der Waals surface area contributed by atoms with Crippen molar-refractivity contribution in [2.45, 2.75) is 38.0 Å². The highest BCUT2D eigenvalue weighted by atomic mass is 16.5. The van der Waals surface area contributed by atoms with E-state index >= 15 is 0 Å². The van der Waals surface area contributed by atoms with E-state index in [1.165, 1.54) is 6.39 Å². The van der Waals surface area contributed by atoms with Crippen molar-refractivity contribution in [3.63, 3.8) is 0 Å². The van der Waals surface area contributed by atoms with E-state index in [0.717, 1.165) is 44.4 Å². The number of aromatic nitrogens is 1. The SMILES string of the molecule is COCCN1CCCC2(CCN(C(=O)c3ncoc3C3CC3)C2)C1=O. The van der Waals surface area contributed by atoms with Crippen molar-refractivity contribution in [2.75, 3.05) is 39.9 Å². The summed E-state index contributed by atoms with van der Waals surface area (Å²) in [6.07, 6.45) is 6.06. The van der Waals surface area contributed by atoms with Gasteiger partial charge in [-0.2, -0.15) is 0 Å². The number of likely N-dealkylation sites (tertiary alicyclic amines) is 2. The lowest BCUT2D eigenvalue weighted by molar-refractivity contribution is -0.146. The van der Waals surface area contributed by atoms with Crippen LogP contribution in [-0.2, 0) is 9.53 Å². The summed E-state index contributed by atoms with van der Waals surface area (Å²) in [5.74, 6) is 1.16. The molecular formula is C18H25N3O4. The molecule has 7 heteroatoms. The average molecular weight is 347 g/mol. The van der Waals surface area contributed by atoms with Crippen molar-refractivity contribution < 1.29 is 18.7 Å². The van der Waals surface area contributed by atoms with Crippen LogP contribution >= 0.6 is 0 Å². The molecule has 3 fully saturated rings. The molecule has 1 aromatic rings. The van der Waals surface area contributed by atoms with E-state index in [0.29, 0.717) is 37.9 Å². The molecule has 0 N–H and O–H groups in total. The molecule has 1 saturated carbocycles. The summed E-state index contributed by atoms with van der Waals surface area (Å²) in [7, 11) is 1.65. The Bertz CT molecular complexity index is 669. The Labute approximate surface area is 147 Å². The number of carbonyl (C=O) groups excluding carboxylic acids is 2. The summed E-state index contributed by atoms with van der Waals surface area (Å²) in [5.41, 5.74) is 0.0181. The Morgan fingerprint density at radius 1 is 1.40 bits per heavy atom. The Balaban J connectivity index is 1.47. The van der Waals surface area contributed by atoms with Crippen LogP contribution in [0.2, 0.25) is 0 Å². The minimum atomic E-state index is -0.425. The van der Waals surface area contributed by atoms with Crippen LogP contribution in [0.5, 0.6) is 0 Å². The first-order valence-corrected chi connectivity index (χ1v) is 9.15. The fourth-order valence-electron chi connectivity index (χ4n) is 4.19. The van der Waals surface area contributed by atoms with Crippen LogP contribution in [0, 0.1) is 5.41 Å². The number of nitrogens with zero attached hydrogens (tertiary/aromatic N) is 3. The summed E-state index contributed by atoms with van der Waals surface area (Å²) in [4.78, 5) is 33.7. The fourth-order valence-corrected chi connectivity index (χ4v) is 4.19. The second-order valence-electron chi connectivity index (χ2n) is 7.49. The molecule has 2 saturated heterocycles. The van der Waals surface area contributed by atoms with Crippen molar-refractivity contribution in [2.24, 2.45) is 5.41 Å². The highest BCUT2D eigenvalue weighted by Crippen LogP contribution is 2.43. The monoisotopic (exact) mass is 347 g/mol. The number of carbonyl (C=O) groups is 2. The number of amides is 2. The summed E-state index contributed by atoms with van der Waals surface area (Å²) in [5, 5.41) is 0. The van der Waals surface area contributed by atoms with E-state index in [1.54, 1.807) is 12.0 Å².